The Kier molecular flexibility index (Phi) is 6.64. The van der Waals surface area contributed by atoms with Crippen LogP contribution in [0.25, 0.3) is 0 Å². The van der Waals surface area contributed by atoms with Crippen LogP contribution in [-0.4, -0.2) is 37.4 Å². The fourth-order valence-electron chi connectivity index (χ4n) is 1.55. The van der Waals surface area contributed by atoms with Crippen molar-refractivity contribution < 1.29 is 14.6 Å². The Morgan fingerprint density at radius 1 is 1.28 bits per heavy atom. The molecule has 0 heterocycles. The van der Waals surface area contributed by atoms with E-state index in [-0.39, 0.29) is 19.2 Å². The van der Waals surface area contributed by atoms with E-state index in [9.17, 15) is 4.79 Å². The third-order valence-corrected chi connectivity index (χ3v) is 2.35. The molecule has 3 N–H and O–H groups in total. The van der Waals surface area contributed by atoms with Crippen LogP contribution in [0.4, 0.5) is 4.79 Å². The summed E-state index contributed by atoms with van der Waals surface area (Å²) in [6.07, 6.45) is 0.711. The first-order chi connectivity index (χ1) is 8.77. The molecule has 0 bridgehead atoms. The molecule has 1 rings (SSSR count). The minimum atomic E-state index is -0.266. The lowest BCUT2D eigenvalue weighted by Crippen LogP contribution is -2.37. The largest absolute Gasteiger partial charge is 0.494 e. The number of hydrogen-bond donors (Lipinski definition) is 3. The van der Waals surface area contributed by atoms with Crippen molar-refractivity contribution in [1.29, 1.82) is 0 Å². The molecule has 0 spiro atoms. The number of nitrogens with one attached hydrogen (secondary N) is 2. The zero-order valence-corrected chi connectivity index (χ0v) is 10.6. The molecule has 0 saturated carbocycles. The molecule has 5 heteroatoms. The summed E-state index contributed by atoms with van der Waals surface area (Å²) in [5, 5.41) is 13.8. The Hall–Kier alpha value is -1.75. The molecule has 0 fully saturated rings. The monoisotopic (exact) mass is 252 g/mol. The number of para-hydroxylation sites is 1. The summed E-state index contributed by atoms with van der Waals surface area (Å²) in [4.78, 5) is 11.2. The number of carbonyl (C=O) groups excluding carboxylic acids is 1. The van der Waals surface area contributed by atoms with Gasteiger partial charge in [-0.2, -0.15) is 0 Å². The third kappa shape index (κ3) is 5.05. The molecule has 0 unspecified atom stereocenters. The van der Waals surface area contributed by atoms with E-state index in [1.54, 1.807) is 0 Å². The minimum Gasteiger partial charge on any atom is -0.494 e. The van der Waals surface area contributed by atoms with E-state index in [2.05, 4.69) is 10.6 Å². The standard InChI is InChI=1S/C13H20N2O3/c1-2-18-12-6-4-3-5-11(12)7-8-14-13(17)15-9-10-16/h3-6,16H,2,7-10H2,1H3,(H2,14,15,17). The molecule has 0 aliphatic rings. The molecule has 0 atom stereocenters. The van der Waals surface area contributed by atoms with Gasteiger partial charge in [0.15, 0.2) is 0 Å². The highest BCUT2D eigenvalue weighted by atomic mass is 16.5. The summed E-state index contributed by atoms with van der Waals surface area (Å²) < 4.78 is 5.50. The van der Waals surface area contributed by atoms with Gasteiger partial charge in [0.05, 0.1) is 13.2 Å². The predicted octanol–water partition coefficient (Wildman–Crippen LogP) is 0.919. The molecule has 1 aromatic carbocycles. The molecular weight excluding hydrogens is 232 g/mol. The van der Waals surface area contributed by atoms with Gasteiger partial charge in [0.25, 0.3) is 0 Å². The highest BCUT2D eigenvalue weighted by Gasteiger charge is 2.03. The highest BCUT2D eigenvalue weighted by molar-refractivity contribution is 5.73. The number of ether oxygens (including phenoxy) is 1. The number of aliphatic hydroxyl groups is 1. The summed E-state index contributed by atoms with van der Waals surface area (Å²) in [6.45, 7) is 3.31. The lowest BCUT2D eigenvalue weighted by Gasteiger charge is -2.10. The normalized spacial score (nSPS) is 9.89. The van der Waals surface area contributed by atoms with Crippen LogP contribution in [0, 0.1) is 0 Å². The first-order valence-electron chi connectivity index (χ1n) is 6.11. The van der Waals surface area contributed by atoms with Gasteiger partial charge in [0, 0.05) is 13.1 Å². The predicted molar refractivity (Wildman–Crippen MR) is 69.8 cm³/mol. The minimum absolute atomic E-state index is 0.0550. The lowest BCUT2D eigenvalue weighted by atomic mass is 10.1. The van der Waals surface area contributed by atoms with Crippen molar-refractivity contribution in [1.82, 2.24) is 10.6 Å². The molecule has 0 saturated heterocycles. The maximum Gasteiger partial charge on any atom is 0.314 e. The number of benzene rings is 1. The van der Waals surface area contributed by atoms with Gasteiger partial charge in [-0.25, -0.2) is 4.79 Å². The first kappa shape index (κ1) is 14.3. The van der Waals surface area contributed by atoms with Crippen molar-refractivity contribution in [3.05, 3.63) is 29.8 Å². The second kappa shape index (κ2) is 8.36. The van der Waals surface area contributed by atoms with Crippen LogP contribution in [0.1, 0.15) is 12.5 Å². The molecule has 0 aliphatic heterocycles. The average Bonchev–Trinajstić information content (AvgIpc) is 2.38. The van der Waals surface area contributed by atoms with E-state index in [1.165, 1.54) is 0 Å². The van der Waals surface area contributed by atoms with Crippen LogP contribution in [0.2, 0.25) is 0 Å². The van der Waals surface area contributed by atoms with E-state index in [0.717, 1.165) is 11.3 Å². The van der Waals surface area contributed by atoms with Gasteiger partial charge < -0.3 is 20.5 Å². The van der Waals surface area contributed by atoms with Crippen molar-refractivity contribution in [3.8, 4) is 5.75 Å². The number of urea groups is 1. The Morgan fingerprint density at radius 3 is 2.72 bits per heavy atom. The molecule has 5 nitrogen and oxygen atoms in total. The molecule has 0 radical (unpaired) electrons. The first-order valence-corrected chi connectivity index (χ1v) is 6.11. The van der Waals surface area contributed by atoms with E-state index < -0.39 is 0 Å². The van der Waals surface area contributed by atoms with Gasteiger partial charge in [-0.3, -0.25) is 0 Å². The van der Waals surface area contributed by atoms with Gasteiger partial charge in [-0.15, -0.1) is 0 Å². The Labute approximate surface area is 107 Å². The molecule has 1 aromatic rings. The third-order valence-electron chi connectivity index (χ3n) is 2.35. The number of aliphatic hydroxyl groups excluding tert-OH is 1. The number of rotatable bonds is 7. The number of carbonyl (C=O) groups is 1. The van der Waals surface area contributed by atoms with Crippen molar-refractivity contribution >= 4 is 6.03 Å². The maximum atomic E-state index is 11.2. The van der Waals surface area contributed by atoms with Crippen LogP contribution < -0.4 is 15.4 Å². The summed E-state index contributed by atoms with van der Waals surface area (Å²) in [5.74, 6) is 0.859. The van der Waals surface area contributed by atoms with E-state index >= 15 is 0 Å². The van der Waals surface area contributed by atoms with Gasteiger partial charge in [-0.05, 0) is 25.0 Å². The molecule has 0 aromatic heterocycles. The smallest absolute Gasteiger partial charge is 0.314 e. The number of hydrogen-bond acceptors (Lipinski definition) is 3. The summed E-state index contributed by atoms with van der Waals surface area (Å²) in [5.41, 5.74) is 1.07. The fourth-order valence-corrected chi connectivity index (χ4v) is 1.55. The summed E-state index contributed by atoms with van der Waals surface area (Å²) in [6, 6.07) is 7.51. The van der Waals surface area contributed by atoms with Crippen LogP contribution in [-0.2, 0) is 6.42 Å². The van der Waals surface area contributed by atoms with Crippen LogP contribution in [0.5, 0.6) is 5.75 Å². The zero-order valence-electron chi connectivity index (χ0n) is 10.6. The topological polar surface area (TPSA) is 70.6 Å². The van der Waals surface area contributed by atoms with Gasteiger partial charge >= 0.3 is 6.03 Å². The molecular formula is C13H20N2O3. The molecule has 0 aliphatic carbocycles. The van der Waals surface area contributed by atoms with Crippen LogP contribution in [0.15, 0.2) is 24.3 Å². The molecule has 2 amide bonds. The Balaban J connectivity index is 2.36. The average molecular weight is 252 g/mol. The molecule has 100 valence electrons. The summed E-state index contributed by atoms with van der Waals surface area (Å²) >= 11 is 0. The quantitative estimate of drug-likeness (QED) is 0.676. The number of amides is 2. The van der Waals surface area contributed by atoms with E-state index in [0.29, 0.717) is 19.6 Å². The van der Waals surface area contributed by atoms with Crippen molar-refractivity contribution in [2.24, 2.45) is 0 Å². The lowest BCUT2D eigenvalue weighted by molar-refractivity contribution is 0.234. The highest BCUT2D eigenvalue weighted by Crippen LogP contribution is 2.17. The van der Waals surface area contributed by atoms with Gasteiger partial charge in [0.1, 0.15) is 5.75 Å². The van der Waals surface area contributed by atoms with E-state index in [1.807, 2.05) is 31.2 Å². The maximum absolute atomic E-state index is 11.2. The van der Waals surface area contributed by atoms with Crippen molar-refractivity contribution in [3.63, 3.8) is 0 Å². The second-order valence-corrected chi connectivity index (χ2v) is 3.70. The van der Waals surface area contributed by atoms with Gasteiger partial charge in [0.2, 0.25) is 0 Å². The van der Waals surface area contributed by atoms with Crippen LogP contribution in [0.3, 0.4) is 0 Å². The van der Waals surface area contributed by atoms with Gasteiger partial charge in [-0.1, -0.05) is 18.2 Å². The fraction of sp³-hybridized carbons (Fsp3) is 0.462. The Morgan fingerprint density at radius 2 is 2.00 bits per heavy atom. The Bertz CT molecular complexity index is 369. The van der Waals surface area contributed by atoms with Crippen molar-refractivity contribution in [2.75, 3.05) is 26.3 Å². The second-order valence-electron chi connectivity index (χ2n) is 3.70. The zero-order chi connectivity index (χ0) is 13.2. The summed E-state index contributed by atoms with van der Waals surface area (Å²) in [7, 11) is 0. The SMILES string of the molecule is CCOc1ccccc1CCNC(=O)NCCO. The van der Waals surface area contributed by atoms with E-state index in [4.69, 9.17) is 9.84 Å². The molecule has 18 heavy (non-hydrogen) atoms. The van der Waals surface area contributed by atoms with Crippen molar-refractivity contribution in [2.45, 2.75) is 13.3 Å². The van der Waals surface area contributed by atoms with Crippen LogP contribution >= 0.6 is 0 Å².